The van der Waals surface area contributed by atoms with Crippen LogP contribution in [-0.2, 0) is 9.57 Å². The van der Waals surface area contributed by atoms with E-state index < -0.39 is 17.9 Å². The summed E-state index contributed by atoms with van der Waals surface area (Å²) in [6.07, 6.45) is -0.606. The van der Waals surface area contributed by atoms with Crippen LogP contribution in [0.1, 0.15) is 28.1 Å². The van der Waals surface area contributed by atoms with Crippen LogP contribution in [0, 0.1) is 0 Å². The van der Waals surface area contributed by atoms with Crippen molar-refractivity contribution in [2.24, 2.45) is 0 Å². The number of nitrogens with zero attached hydrogens (tertiary/aromatic N) is 1. The summed E-state index contributed by atoms with van der Waals surface area (Å²) in [5, 5.41) is 3.07. The van der Waals surface area contributed by atoms with Gasteiger partial charge in [-0.15, -0.1) is 5.06 Å². The number of methoxy groups -OCH3 is 1. The maximum atomic E-state index is 11.9. The highest BCUT2D eigenvalue weighted by atomic mass is 16.7. The number of hydrogen-bond donors (Lipinski definition) is 1. The largest absolute Gasteiger partial charge is 0.453 e. The van der Waals surface area contributed by atoms with Gasteiger partial charge in [-0.25, -0.2) is 4.79 Å². The molecule has 20 heavy (non-hydrogen) atoms. The maximum Gasteiger partial charge on any atom is 0.406 e. The number of imide groups is 1. The summed E-state index contributed by atoms with van der Waals surface area (Å²) in [5.41, 5.74) is 0.627. The summed E-state index contributed by atoms with van der Waals surface area (Å²) in [4.78, 5) is 39.6. The van der Waals surface area contributed by atoms with E-state index in [1.165, 1.54) is 7.11 Å². The second kappa shape index (κ2) is 6.67. The normalized spacial score (nSPS) is 12.8. The van der Waals surface area contributed by atoms with Crippen molar-refractivity contribution >= 4 is 17.9 Å². The molecule has 0 bridgehead atoms. The predicted molar refractivity (Wildman–Crippen MR) is 70.0 cm³/mol. The van der Waals surface area contributed by atoms with Gasteiger partial charge in [0, 0.05) is 6.54 Å². The molecule has 0 radical (unpaired) electrons. The third-order valence-electron chi connectivity index (χ3n) is 2.53. The summed E-state index contributed by atoms with van der Waals surface area (Å²) in [6.45, 7) is 0.112. The fourth-order valence-electron chi connectivity index (χ4n) is 1.65. The first-order chi connectivity index (χ1) is 9.15. The van der Waals surface area contributed by atoms with Gasteiger partial charge < -0.3 is 10.1 Å². The monoisotopic (exact) mass is 280 g/mol. The first kappa shape index (κ1) is 15.6. The Bertz CT molecular complexity index is 494. The molecule has 0 aromatic heterocycles. The van der Waals surface area contributed by atoms with Crippen molar-refractivity contribution in [2.75, 3.05) is 20.3 Å². The summed E-state index contributed by atoms with van der Waals surface area (Å²) in [5.74, 6) is -1.00. The molecule has 2 rings (SSSR count). The molecule has 0 saturated carbocycles. The molecule has 1 aromatic rings. The Morgan fingerprint density at radius 2 is 1.75 bits per heavy atom. The highest BCUT2D eigenvalue weighted by molar-refractivity contribution is 6.20. The van der Waals surface area contributed by atoms with E-state index in [-0.39, 0.29) is 20.6 Å². The third-order valence-corrected chi connectivity index (χ3v) is 2.53. The molecule has 0 unspecified atom stereocenters. The average Bonchev–Trinajstić information content (AvgIpc) is 2.68. The minimum Gasteiger partial charge on any atom is -0.453 e. The molecule has 0 saturated heterocycles. The number of ether oxygens (including phenoxy) is 1. The molecule has 1 N–H and O–H groups in total. The Hall–Kier alpha value is -2.41. The van der Waals surface area contributed by atoms with E-state index in [2.05, 4.69) is 10.1 Å². The summed E-state index contributed by atoms with van der Waals surface area (Å²) in [7, 11) is 1.24. The molecule has 7 heteroatoms. The number of hydroxylamine groups is 2. The van der Waals surface area contributed by atoms with Crippen molar-refractivity contribution in [3.05, 3.63) is 35.4 Å². The van der Waals surface area contributed by atoms with Gasteiger partial charge in [0.2, 0.25) is 0 Å². The smallest absolute Gasteiger partial charge is 0.406 e. The molecule has 1 aromatic carbocycles. The van der Waals surface area contributed by atoms with Crippen LogP contribution >= 0.6 is 0 Å². The second-order valence-electron chi connectivity index (χ2n) is 3.70. The van der Waals surface area contributed by atoms with Crippen LogP contribution in [0.2, 0.25) is 0 Å². The minimum absolute atomic E-state index is 0. The lowest BCUT2D eigenvalue weighted by molar-refractivity contribution is -0.0894. The molecule has 7 nitrogen and oxygen atoms in total. The number of fused-ring (bicyclic) bond motifs is 1. The standard InChI is InChI=1S/C12H12N2O5.CH4/c1-18-12(17)13-6-7-19-14-10(15)8-4-2-3-5-9(8)11(14)16;/h2-5H,6-7H2,1H3,(H,13,17);1H4. The third kappa shape index (κ3) is 2.94. The lowest BCUT2D eigenvalue weighted by Crippen LogP contribution is -2.34. The maximum absolute atomic E-state index is 11.9. The van der Waals surface area contributed by atoms with Gasteiger partial charge in [-0.1, -0.05) is 19.6 Å². The van der Waals surface area contributed by atoms with Crippen molar-refractivity contribution < 1.29 is 24.0 Å². The number of alkyl carbamates (subject to hydrolysis) is 1. The van der Waals surface area contributed by atoms with Gasteiger partial charge in [0.25, 0.3) is 11.8 Å². The Balaban J connectivity index is 0.00000200. The van der Waals surface area contributed by atoms with E-state index in [1.807, 2.05) is 0 Å². The van der Waals surface area contributed by atoms with Crippen LogP contribution in [0.25, 0.3) is 0 Å². The quantitative estimate of drug-likeness (QED) is 0.662. The van der Waals surface area contributed by atoms with E-state index in [9.17, 15) is 14.4 Å². The highest BCUT2D eigenvalue weighted by Crippen LogP contribution is 2.22. The summed E-state index contributed by atoms with van der Waals surface area (Å²) >= 11 is 0. The summed E-state index contributed by atoms with van der Waals surface area (Å²) < 4.78 is 4.36. The van der Waals surface area contributed by atoms with Crippen LogP contribution in [0.15, 0.2) is 24.3 Å². The molecule has 1 aliphatic heterocycles. The van der Waals surface area contributed by atoms with Gasteiger partial charge in [-0.2, -0.15) is 0 Å². The number of nitrogens with one attached hydrogen (secondary N) is 1. The Labute approximate surface area is 116 Å². The lowest BCUT2D eigenvalue weighted by atomic mass is 10.1. The number of hydrogen-bond acceptors (Lipinski definition) is 5. The van der Waals surface area contributed by atoms with Gasteiger partial charge in [-0.05, 0) is 12.1 Å². The molecule has 0 spiro atoms. The van der Waals surface area contributed by atoms with E-state index in [0.717, 1.165) is 0 Å². The predicted octanol–water partition coefficient (Wildman–Crippen LogP) is 1.21. The SMILES string of the molecule is C.COC(=O)NCCON1C(=O)c2ccccc2C1=O. The van der Waals surface area contributed by atoms with Gasteiger partial charge in [0.05, 0.1) is 24.8 Å². The number of carbonyl (C=O) groups is 3. The first-order valence-corrected chi connectivity index (χ1v) is 5.57. The van der Waals surface area contributed by atoms with Crippen LogP contribution < -0.4 is 5.32 Å². The molecule has 0 fully saturated rings. The molecular formula is C13H16N2O5. The zero-order valence-electron chi connectivity index (χ0n) is 10.2. The fraction of sp³-hybridized carbons (Fsp3) is 0.308. The van der Waals surface area contributed by atoms with E-state index in [1.54, 1.807) is 24.3 Å². The highest BCUT2D eigenvalue weighted by Gasteiger charge is 2.36. The Kier molecular flexibility index (Phi) is 5.22. The number of benzene rings is 1. The van der Waals surface area contributed by atoms with Crippen molar-refractivity contribution in [3.63, 3.8) is 0 Å². The van der Waals surface area contributed by atoms with Gasteiger partial charge in [0.1, 0.15) is 0 Å². The van der Waals surface area contributed by atoms with Crippen LogP contribution in [0.5, 0.6) is 0 Å². The topological polar surface area (TPSA) is 84.9 Å². The van der Waals surface area contributed by atoms with Crippen molar-refractivity contribution in [2.45, 2.75) is 7.43 Å². The zero-order chi connectivity index (χ0) is 13.8. The minimum atomic E-state index is -0.606. The van der Waals surface area contributed by atoms with E-state index in [4.69, 9.17) is 4.84 Å². The number of amides is 3. The van der Waals surface area contributed by atoms with E-state index in [0.29, 0.717) is 16.2 Å². The van der Waals surface area contributed by atoms with Crippen LogP contribution in [0.3, 0.4) is 0 Å². The molecular weight excluding hydrogens is 264 g/mol. The van der Waals surface area contributed by atoms with Crippen LogP contribution in [0.4, 0.5) is 4.79 Å². The van der Waals surface area contributed by atoms with Crippen LogP contribution in [-0.4, -0.2) is 43.2 Å². The molecule has 1 heterocycles. The Morgan fingerprint density at radius 3 is 2.25 bits per heavy atom. The Morgan fingerprint density at radius 1 is 1.20 bits per heavy atom. The second-order valence-corrected chi connectivity index (χ2v) is 3.70. The molecule has 1 aliphatic rings. The lowest BCUT2D eigenvalue weighted by Gasteiger charge is -2.13. The average molecular weight is 280 g/mol. The molecule has 108 valence electrons. The summed E-state index contributed by atoms with van der Waals surface area (Å²) in [6, 6.07) is 6.47. The molecule has 0 aliphatic carbocycles. The van der Waals surface area contributed by atoms with Crippen molar-refractivity contribution in [3.8, 4) is 0 Å². The van der Waals surface area contributed by atoms with E-state index >= 15 is 0 Å². The fourth-order valence-corrected chi connectivity index (χ4v) is 1.65. The first-order valence-electron chi connectivity index (χ1n) is 5.57. The van der Waals surface area contributed by atoms with Gasteiger partial charge >= 0.3 is 6.09 Å². The zero-order valence-corrected chi connectivity index (χ0v) is 10.2. The molecule has 0 atom stereocenters. The van der Waals surface area contributed by atoms with Crippen molar-refractivity contribution in [1.82, 2.24) is 10.4 Å². The number of rotatable bonds is 4. The molecule has 3 amide bonds. The van der Waals surface area contributed by atoms with Gasteiger partial charge in [0.15, 0.2) is 0 Å². The number of carbonyl (C=O) groups excluding carboxylic acids is 3. The van der Waals surface area contributed by atoms with Crippen molar-refractivity contribution in [1.29, 1.82) is 0 Å². The van der Waals surface area contributed by atoms with Gasteiger partial charge in [-0.3, -0.25) is 14.4 Å².